The maximum absolute atomic E-state index is 6.93. The SMILES string of the molecule is CC1CCN(c2ccc(N3C(=S)N[C@@H](c4ccccn4)[C@H]3c3cccn3C[C@@H]3CCCO3)cc2Cl)CC1. The summed E-state index contributed by atoms with van der Waals surface area (Å²) in [5.74, 6) is 0.775. The number of benzene rings is 1. The number of halogens is 1. The lowest BCUT2D eigenvalue weighted by atomic mass is 9.98. The number of ether oxygens (including phenoxy) is 1. The molecule has 0 saturated carbocycles. The molecule has 3 aliphatic rings. The standard InChI is InChI=1S/C29H34ClN5OS/c1-20-11-15-33(16-12-20)25-10-9-21(18-23(25)30)35-28(27(32-29(35)37)24-7-2-3-13-31-24)26-8-4-14-34(26)19-22-6-5-17-36-22/h2-4,7-10,13-14,18,20,22,27-28H,5-6,11-12,15-17,19H2,1H3,(H,32,37)/t22-,27-,28+/m0/s1. The Balaban J connectivity index is 1.36. The zero-order valence-corrected chi connectivity index (χ0v) is 22.8. The Bertz CT molecular complexity index is 1240. The van der Waals surface area contributed by atoms with Gasteiger partial charge in [0.2, 0.25) is 0 Å². The Hall–Kier alpha value is -2.61. The lowest BCUT2D eigenvalue weighted by molar-refractivity contribution is 0.0961. The molecule has 0 spiro atoms. The molecule has 194 valence electrons. The summed E-state index contributed by atoms with van der Waals surface area (Å²) in [5.41, 5.74) is 4.25. The van der Waals surface area contributed by atoms with Crippen LogP contribution in [0.5, 0.6) is 0 Å². The minimum atomic E-state index is -0.0890. The molecule has 8 heteroatoms. The van der Waals surface area contributed by atoms with Crippen LogP contribution >= 0.6 is 23.8 Å². The molecule has 2 aromatic heterocycles. The second-order valence-corrected chi connectivity index (χ2v) is 11.3. The van der Waals surface area contributed by atoms with Crippen LogP contribution < -0.4 is 15.1 Å². The van der Waals surface area contributed by atoms with Gasteiger partial charge < -0.3 is 24.4 Å². The monoisotopic (exact) mass is 535 g/mol. The number of rotatable bonds is 6. The van der Waals surface area contributed by atoms with E-state index in [1.807, 2.05) is 18.3 Å². The van der Waals surface area contributed by atoms with Crippen LogP contribution in [0.25, 0.3) is 0 Å². The molecule has 1 N–H and O–H groups in total. The minimum absolute atomic E-state index is 0.0726. The maximum atomic E-state index is 6.93. The summed E-state index contributed by atoms with van der Waals surface area (Å²) < 4.78 is 8.29. The van der Waals surface area contributed by atoms with E-state index in [1.54, 1.807) is 0 Å². The fourth-order valence-electron chi connectivity index (χ4n) is 5.95. The van der Waals surface area contributed by atoms with Gasteiger partial charge in [0.1, 0.15) is 6.04 Å². The van der Waals surface area contributed by atoms with Crippen molar-refractivity contribution in [1.82, 2.24) is 14.9 Å². The molecule has 6 rings (SSSR count). The highest BCUT2D eigenvalue weighted by atomic mass is 35.5. The molecule has 0 amide bonds. The number of nitrogens with one attached hydrogen (secondary N) is 1. The van der Waals surface area contributed by atoms with Crippen molar-refractivity contribution in [2.75, 3.05) is 29.5 Å². The van der Waals surface area contributed by atoms with Crippen molar-refractivity contribution in [3.8, 4) is 0 Å². The summed E-state index contributed by atoms with van der Waals surface area (Å²) in [6, 6.07) is 16.6. The number of hydrogen-bond donors (Lipinski definition) is 1. The van der Waals surface area contributed by atoms with E-state index < -0.39 is 0 Å². The highest BCUT2D eigenvalue weighted by Gasteiger charge is 2.42. The fourth-order valence-corrected chi connectivity index (χ4v) is 6.60. The van der Waals surface area contributed by atoms with Crippen LogP contribution in [-0.2, 0) is 11.3 Å². The topological polar surface area (TPSA) is 45.6 Å². The van der Waals surface area contributed by atoms with E-state index in [9.17, 15) is 0 Å². The maximum Gasteiger partial charge on any atom is 0.174 e. The van der Waals surface area contributed by atoms with Gasteiger partial charge in [-0.3, -0.25) is 4.98 Å². The second-order valence-electron chi connectivity index (χ2n) is 10.5. The van der Waals surface area contributed by atoms with Gasteiger partial charge in [-0.2, -0.15) is 0 Å². The van der Waals surface area contributed by atoms with Crippen LogP contribution in [0, 0.1) is 5.92 Å². The van der Waals surface area contributed by atoms with Gasteiger partial charge in [-0.1, -0.05) is 24.6 Å². The number of pyridine rings is 1. The predicted octanol–water partition coefficient (Wildman–Crippen LogP) is 6.13. The van der Waals surface area contributed by atoms with Crippen LogP contribution in [0.2, 0.25) is 5.02 Å². The van der Waals surface area contributed by atoms with E-state index >= 15 is 0 Å². The van der Waals surface area contributed by atoms with E-state index in [0.29, 0.717) is 5.11 Å². The van der Waals surface area contributed by atoms with Crippen LogP contribution in [0.3, 0.4) is 0 Å². The van der Waals surface area contributed by atoms with Gasteiger partial charge in [-0.15, -0.1) is 0 Å². The Morgan fingerprint density at radius 3 is 2.70 bits per heavy atom. The molecule has 6 nitrogen and oxygen atoms in total. The summed E-state index contributed by atoms with van der Waals surface area (Å²) >= 11 is 12.9. The Morgan fingerprint density at radius 1 is 1.11 bits per heavy atom. The Kier molecular flexibility index (Phi) is 7.10. The van der Waals surface area contributed by atoms with E-state index in [2.05, 4.69) is 69.2 Å². The molecule has 0 aliphatic carbocycles. The first-order valence-corrected chi connectivity index (χ1v) is 14.2. The Morgan fingerprint density at radius 2 is 1.97 bits per heavy atom. The van der Waals surface area contributed by atoms with Gasteiger partial charge in [-0.05, 0) is 86.3 Å². The van der Waals surface area contributed by atoms with Crippen LogP contribution in [0.1, 0.15) is 56.1 Å². The van der Waals surface area contributed by atoms with Gasteiger partial charge in [0, 0.05) is 50.0 Å². The van der Waals surface area contributed by atoms with E-state index in [0.717, 1.165) is 67.1 Å². The van der Waals surface area contributed by atoms with Gasteiger partial charge in [0.25, 0.3) is 0 Å². The van der Waals surface area contributed by atoms with E-state index in [4.69, 9.17) is 33.5 Å². The third kappa shape index (κ3) is 4.97. The third-order valence-electron chi connectivity index (χ3n) is 8.02. The average molecular weight is 536 g/mol. The number of anilines is 2. The van der Waals surface area contributed by atoms with E-state index in [-0.39, 0.29) is 18.2 Å². The highest BCUT2D eigenvalue weighted by Crippen LogP contribution is 2.43. The predicted molar refractivity (Wildman–Crippen MR) is 153 cm³/mol. The number of nitrogens with zero attached hydrogens (tertiary/aromatic N) is 4. The van der Waals surface area contributed by atoms with Gasteiger partial charge >= 0.3 is 0 Å². The fraction of sp³-hybridized carbons (Fsp3) is 0.448. The molecule has 3 saturated heterocycles. The summed E-state index contributed by atoms with van der Waals surface area (Å²) in [7, 11) is 0. The van der Waals surface area contributed by atoms with Crippen LogP contribution in [0.15, 0.2) is 60.9 Å². The number of hydrogen-bond acceptors (Lipinski definition) is 4. The molecule has 3 atom stereocenters. The first-order chi connectivity index (χ1) is 18.1. The lowest BCUT2D eigenvalue weighted by Gasteiger charge is -2.34. The highest BCUT2D eigenvalue weighted by molar-refractivity contribution is 7.80. The van der Waals surface area contributed by atoms with Crippen molar-refractivity contribution in [2.45, 2.75) is 57.3 Å². The largest absolute Gasteiger partial charge is 0.376 e. The van der Waals surface area contributed by atoms with Crippen molar-refractivity contribution in [2.24, 2.45) is 5.92 Å². The molecule has 37 heavy (non-hydrogen) atoms. The lowest BCUT2D eigenvalue weighted by Crippen LogP contribution is -2.33. The molecule has 3 fully saturated rings. The zero-order valence-electron chi connectivity index (χ0n) is 21.2. The minimum Gasteiger partial charge on any atom is -0.376 e. The number of thiocarbonyl (C=S) groups is 1. The molecule has 0 bridgehead atoms. The number of piperidine rings is 1. The van der Waals surface area contributed by atoms with Crippen LogP contribution in [-0.4, -0.2) is 40.5 Å². The molecule has 3 aromatic rings. The summed E-state index contributed by atoms with van der Waals surface area (Å²) in [6.07, 6.45) is 8.87. The smallest absolute Gasteiger partial charge is 0.174 e. The molecular weight excluding hydrogens is 502 g/mol. The molecular formula is C29H34ClN5OS. The normalized spacial score (nSPS) is 24.6. The van der Waals surface area contributed by atoms with Gasteiger partial charge in [0.05, 0.1) is 28.5 Å². The molecule has 5 heterocycles. The third-order valence-corrected chi connectivity index (χ3v) is 8.64. The quantitative estimate of drug-likeness (QED) is 0.383. The molecule has 0 radical (unpaired) electrons. The molecule has 0 unspecified atom stereocenters. The zero-order chi connectivity index (χ0) is 25.4. The molecule has 1 aromatic carbocycles. The first-order valence-electron chi connectivity index (χ1n) is 13.4. The van der Waals surface area contributed by atoms with Crippen molar-refractivity contribution < 1.29 is 4.74 Å². The van der Waals surface area contributed by atoms with Gasteiger partial charge in [-0.25, -0.2) is 0 Å². The second kappa shape index (κ2) is 10.6. The summed E-state index contributed by atoms with van der Waals surface area (Å²) in [4.78, 5) is 9.32. The van der Waals surface area contributed by atoms with Crippen molar-refractivity contribution in [1.29, 1.82) is 0 Å². The average Bonchev–Trinajstić information content (AvgIpc) is 3.66. The summed E-state index contributed by atoms with van der Waals surface area (Å²) in [6.45, 7) is 6.10. The van der Waals surface area contributed by atoms with Crippen LogP contribution in [0.4, 0.5) is 11.4 Å². The van der Waals surface area contributed by atoms with Crippen molar-refractivity contribution in [3.63, 3.8) is 0 Å². The first kappa shape index (κ1) is 24.7. The van der Waals surface area contributed by atoms with Crippen molar-refractivity contribution in [3.05, 3.63) is 77.3 Å². The van der Waals surface area contributed by atoms with Crippen molar-refractivity contribution >= 4 is 40.3 Å². The van der Waals surface area contributed by atoms with Gasteiger partial charge in [0.15, 0.2) is 5.11 Å². The number of aromatic nitrogens is 2. The molecule has 3 aliphatic heterocycles. The summed E-state index contributed by atoms with van der Waals surface area (Å²) in [5, 5.41) is 5.03. The van der Waals surface area contributed by atoms with E-state index in [1.165, 1.54) is 18.5 Å². The Labute approximate surface area is 229 Å².